The maximum atomic E-state index is 11.7. The standard InChI is InChI=1S/C20H35N5O/c1-15(2)13-18(21-16(3)26)20-23-22-19-9-10-24(11-12-25(19)20)14-17-7-5-4-6-8-17/h15,17-18H,4-14H2,1-3H3,(H,21,26). The zero-order valence-corrected chi connectivity index (χ0v) is 16.7. The minimum Gasteiger partial charge on any atom is -0.346 e. The Hall–Kier alpha value is -1.43. The molecule has 2 heterocycles. The van der Waals surface area contributed by atoms with E-state index in [4.69, 9.17) is 0 Å². The summed E-state index contributed by atoms with van der Waals surface area (Å²) in [6.45, 7) is 10.2. The lowest BCUT2D eigenvalue weighted by Gasteiger charge is -2.28. The van der Waals surface area contributed by atoms with Gasteiger partial charge in [-0.25, -0.2) is 0 Å². The maximum Gasteiger partial charge on any atom is 0.217 e. The van der Waals surface area contributed by atoms with Crippen LogP contribution in [0.15, 0.2) is 0 Å². The van der Waals surface area contributed by atoms with Gasteiger partial charge in [-0.05, 0) is 31.1 Å². The van der Waals surface area contributed by atoms with Gasteiger partial charge < -0.3 is 14.8 Å². The minimum absolute atomic E-state index is 0.000506. The largest absolute Gasteiger partial charge is 0.346 e. The smallest absolute Gasteiger partial charge is 0.217 e. The fourth-order valence-corrected chi connectivity index (χ4v) is 4.51. The molecule has 146 valence electrons. The van der Waals surface area contributed by atoms with Crippen molar-refractivity contribution < 1.29 is 4.79 Å². The van der Waals surface area contributed by atoms with Gasteiger partial charge in [0.2, 0.25) is 5.91 Å². The van der Waals surface area contributed by atoms with Crippen LogP contribution in [-0.4, -0.2) is 45.2 Å². The van der Waals surface area contributed by atoms with E-state index in [0.29, 0.717) is 5.92 Å². The van der Waals surface area contributed by atoms with Gasteiger partial charge in [0.1, 0.15) is 5.82 Å². The molecule has 0 aromatic carbocycles. The number of aromatic nitrogens is 3. The Bertz CT molecular complexity index is 591. The van der Waals surface area contributed by atoms with Gasteiger partial charge >= 0.3 is 0 Å². The first-order valence-corrected chi connectivity index (χ1v) is 10.4. The van der Waals surface area contributed by atoms with E-state index >= 15 is 0 Å². The highest BCUT2D eigenvalue weighted by Crippen LogP contribution is 2.26. The molecule has 3 rings (SSSR count). The molecule has 26 heavy (non-hydrogen) atoms. The van der Waals surface area contributed by atoms with Crippen LogP contribution in [0, 0.1) is 11.8 Å². The molecule has 1 atom stereocenters. The number of nitrogens with zero attached hydrogens (tertiary/aromatic N) is 4. The summed E-state index contributed by atoms with van der Waals surface area (Å²) in [5.41, 5.74) is 0. The molecule has 1 saturated carbocycles. The van der Waals surface area contributed by atoms with E-state index in [2.05, 4.69) is 38.8 Å². The lowest BCUT2D eigenvalue weighted by molar-refractivity contribution is -0.119. The number of fused-ring (bicyclic) bond motifs is 1. The van der Waals surface area contributed by atoms with Crippen LogP contribution in [0.5, 0.6) is 0 Å². The first-order valence-electron chi connectivity index (χ1n) is 10.4. The number of nitrogens with one attached hydrogen (secondary N) is 1. The van der Waals surface area contributed by atoms with Gasteiger partial charge in [0.15, 0.2) is 5.82 Å². The van der Waals surface area contributed by atoms with Gasteiger partial charge in [-0.15, -0.1) is 10.2 Å². The number of hydrogen-bond donors (Lipinski definition) is 1. The highest BCUT2D eigenvalue weighted by Gasteiger charge is 2.26. The average molecular weight is 362 g/mol. The Labute approximate surface area is 157 Å². The second kappa shape index (κ2) is 8.98. The summed E-state index contributed by atoms with van der Waals surface area (Å²) in [6, 6.07) is -0.0429. The van der Waals surface area contributed by atoms with Crippen molar-refractivity contribution in [3.05, 3.63) is 11.6 Å². The molecule has 6 nitrogen and oxygen atoms in total. The van der Waals surface area contributed by atoms with E-state index in [9.17, 15) is 4.79 Å². The Morgan fingerprint density at radius 2 is 1.92 bits per heavy atom. The SMILES string of the molecule is CC(=O)NC(CC(C)C)c1nnc2n1CCN(CC1CCCCC1)CC2. The molecule has 1 amide bonds. The summed E-state index contributed by atoms with van der Waals surface area (Å²) in [7, 11) is 0. The van der Waals surface area contributed by atoms with Crippen molar-refractivity contribution in [1.29, 1.82) is 0 Å². The fourth-order valence-electron chi connectivity index (χ4n) is 4.51. The molecule has 2 aliphatic rings. The summed E-state index contributed by atoms with van der Waals surface area (Å²) >= 11 is 0. The van der Waals surface area contributed by atoms with Gasteiger partial charge in [0, 0.05) is 39.5 Å². The lowest BCUT2D eigenvalue weighted by atomic mass is 9.89. The van der Waals surface area contributed by atoms with Crippen LogP contribution >= 0.6 is 0 Å². The first-order chi connectivity index (χ1) is 12.5. The Morgan fingerprint density at radius 1 is 1.15 bits per heavy atom. The van der Waals surface area contributed by atoms with Gasteiger partial charge in [-0.3, -0.25) is 4.79 Å². The average Bonchev–Trinajstić information content (AvgIpc) is 2.90. The molecule has 1 aromatic rings. The van der Waals surface area contributed by atoms with Crippen molar-refractivity contribution in [3.63, 3.8) is 0 Å². The quantitative estimate of drug-likeness (QED) is 0.846. The third kappa shape index (κ3) is 5.06. The molecule has 1 unspecified atom stereocenters. The lowest BCUT2D eigenvalue weighted by Crippen LogP contribution is -2.34. The topological polar surface area (TPSA) is 63.1 Å². The minimum atomic E-state index is -0.0429. The summed E-state index contributed by atoms with van der Waals surface area (Å²) in [4.78, 5) is 14.3. The van der Waals surface area contributed by atoms with E-state index in [-0.39, 0.29) is 11.9 Å². The summed E-state index contributed by atoms with van der Waals surface area (Å²) < 4.78 is 2.27. The number of rotatable bonds is 6. The zero-order valence-electron chi connectivity index (χ0n) is 16.7. The van der Waals surface area contributed by atoms with Crippen molar-refractivity contribution in [2.75, 3.05) is 19.6 Å². The molecule has 1 aliphatic carbocycles. The van der Waals surface area contributed by atoms with Gasteiger partial charge in [-0.2, -0.15) is 0 Å². The third-order valence-corrected chi connectivity index (χ3v) is 5.78. The second-order valence-corrected chi connectivity index (χ2v) is 8.56. The maximum absolute atomic E-state index is 11.7. The van der Waals surface area contributed by atoms with Gasteiger partial charge in [0.25, 0.3) is 0 Å². The van der Waals surface area contributed by atoms with Crippen molar-refractivity contribution in [2.45, 2.75) is 78.3 Å². The molecule has 0 spiro atoms. The number of carbonyl (C=O) groups is 1. The molecule has 0 bridgehead atoms. The van der Waals surface area contributed by atoms with Gasteiger partial charge in [-0.1, -0.05) is 33.1 Å². The Balaban J connectivity index is 1.67. The second-order valence-electron chi connectivity index (χ2n) is 8.56. The normalized spacial score (nSPS) is 20.6. The summed E-state index contributed by atoms with van der Waals surface area (Å²) in [6.07, 6.45) is 8.86. The molecule has 1 N–H and O–H groups in total. The molecule has 1 aromatic heterocycles. The summed E-state index contributed by atoms with van der Waals surface area (Å²) in [5.74, 6) is 3.38. The molecule has 1 aliphatic heterocycles. The molecular formula is C20H35N5O. The number of carbonyl (C=O) groups excluding carboxylic acids is 1. The predicted octanol–water partition coefficient (Wildman–Crippen LogP) is 2.94. The van der Waals surface area contributed by atoms with E-state index in [1.165, 1.54) is 38.6 Å². The predicted molar refractivity (Wildman–Crippen MR) is 103 cm³/mol. The Morgan fingerprint density at radius 3 is 2.62 bits per heavy atom. The third-order valence-electron chi connectivity index (χ3n) is 5.78. The number of hydrogen-bond acceptors (Lipinski definition) is 4. The van der Waals surface area contributed by atoms with Gasteiger partial charge in [0.05, 0.1) is 6.04 Å². The van der Waals surface area contributed by atoms with E-state index in [1.807, 2.05) is 0 Å². The van der Waals surface area contributed by atoms with Crippen molar-refractivity contribution >= 4 is 5.91 Å². The highest BCUT2D eigenvalue weighted by molar-refractivity contribution is 5.73. The van der Waals surface area contributed by atoms with Crippen LogP contribution in [0.25, 0.3) is 0 Å². The van der Waals surface area contributed by atoms with Crippen molar-refractivity contribution in [1.82, 2.24) is 25.0 Å². The van der Waals surface area contributed by atoms with E-state index in [0.717, 1.165) is 50.0 Å². The molecular weight excluding hydrogens is 326 g/mol. The number of amides is 1. The molecule has 0 radical (unpaired) electrons. The molecule has 1 fully saturated rings. The molecule has 0 saturated heterocycles. The van der Waals surface area contributed by atoms with Crippen LogP contribution in [0.2, 0.25) is 0 Å². The van der Waals surface area contributed by atoms with E-state index in [1.54, 1.807) is 6.92 Å². The summed E-state index contributed by atoms with van der Waals surface area (Å²) in [5, 5.41) is 12.0. The van der Waals surface area contributed by atoms with Crippen LogP contribution in [0.3, 0.4) is 0 Å². The molecule has 6 heteroatoms. The van der Waals surface area contributed by atoms with Crippen LogP contribution in [0.4, 0.5) is 0 Å². The van der Waals surface area contributed by atoms with Crippen LogP contribution in [0.1, 0.15) is 77.0 Å². The van der Waals surface area contributed by atoms with E-state index < -0.39 is 0 Å². The first kappa shape index (κ1) is 19.3. The Kier molecular flexibility index (Phi) is 6.68. The highest BCUT2D eigenvalue weighted by atomic mass is 16.1. The monoisotopic (exact) mass is 361 g/mol. The van der Waals surface area contributed by atoms with Crippen LogP contribution < -0.4 is 5.32 Å². The van der Waals surface area contributed by atoms with Crippen molar-refractivity contribution in [3.8, 4) is 0 Å². The van der Waals surface area contributed by atoms with Crippen molar-refractivity contribution in [2.24, 2.45) is 11.8 Å². The van der Waals surface area contributed by atoms with Crippen LogP contribution in [-0.2, 0) is 17.8 Å². The zero-order chi connectivity index (χ0) is 18.5. The fraction of sp³-hybridized carbons (Fsp3) is 0.850.